The van der Waals surface area contributed by atoms with Crippen LogP contribution in [0, 0.1) is 5.82 Å². The molecule has 0 radical (unpaired) electrons. The topological polar surface area (TPSA) is 72.0 Å². The molecule has 7 heteroatoms. The van der Waals surface area contributed by atoms with Gasteiger partial charge in [-0.1, -0.05) is 12.1 Å². The first-order valence-electron chi connectivity index (χ1n) is 5.73. The van der Waals surface area contributed by atoms with Gasteiger partial charge in [0.1, 0.15) is 5.82 Å². The van der Waals surface area contributed by atoms with Crippen molar-refractivity contribution in [2.45, 2.75) is 0 Å². The minimum absolute atomic E-state index is 0.339. The highest BCUT2D eigenvalue weighted by Gasteiger charge is 2.04. The van der Waals surface area contributed by atoms with E-state index < -0.39 is 0 Å². The van der Waals surface area contributed by atoms with Crippen molar-refractivity contribution in [2.24, 2.45) is 0 Å². The van der Waals surface area contributed by atoms with Gasteiger partial charge in [-0.2, -0.15) is 10.1 Å². The van der Waals surface area contributed by atoms with Gasteiger partial charge < -0.3 is 15.4 Å². The van der Waals surface area contributed by atoms with E-state index in [1.54, 1.807) is 25.3 Å². The first-order chi connectivity index (χ1) is 9.29. The fourth-order valence-electron chi connectivity index (χ4n) is 1.40. The van der Waals surface area contributed by atoms with Crippen molar-refractivity contribution >= 4 is 17.5 Å². The highest BCUT2D eigenvalue weighted by atomic mass is 19.1. The van der Waals surface area contributed by atoms with Crippen molar-refractivity contribution in [3.8, 4) is 0 Å². The number of ether oxygens (including phenoxy) is 1. The number of benzene rings is 1. The molecule has 19 heavy (non-hydrogen) atoms. The zero-order chi connectivity index (χ0) is 13.5. The Morgan fingerprint density at radius 2 is 2.16 bits per heavy atom. The molecule has 0 aliphatic heterocycles. The summed E-state index contributed by atoms with van der Waals surface area (Å²) in [6, 6.07) is 6.35. The predicted octanol–water partition coefficient (Wildman–Crippen LogP) is 1.81. The molecule has 0 saturated heterocycles. The number of nitrogens with zero attached hydrogens (tertiary/aromatic N) is 3. The van der Waals surface area contributed by atoms with Crippen molar-refractivity contribution in [1.29, 1.82) is 0 Å². The molecule has 0 atom stereocenters. The van der Waals surface area contributed by atoms with Crippen LogP contribution in [-0.4, -0.2) is 35.4 Å². The van der Waals surface area contributed by atoms with Gasteiger partial charge in [-0.3, -0.25) is 0 Å². The van der Waals surface area contributed by atoms with Crippen LogP contribution >= 0.6 is 0 Å². The summed E-state index contributed by atoms with van der Waals surface area (Å²) >= 11 is 0. The van der Waals surface area contributed by atoms with Crippen LogP contribution in [0.5, 0.6) is 0 Å². The second kappa shape index (κ2) is 6.60. The first kappa shape index (κ1) is 13.2. The van der Waals surface area contributed by atoms with Crippen molar-refractivity contribution in [2.75, 3.05) is 30.9 Å². The Bertz CT molecular complexity index is 537. The van der Waals surface area contributed by atoms with E-state index in [0.29, 0.717) is 30.6 Å². The molecule has 100 valence electrons. The van der Waals surface area contributed by atoms with Crippen LogP contribution < -0.4 is 10.6 Å². The van der Waals surface area contributed by atoms with Crippen LogP contribution in [0.15, 0.2) is 30.5 Å². The summed E-state index contributed by atoms with van der Waals surface area (Å²) < 4.78 is 18.4. The number of hydrogen-bond donors (Lipinski definition) is 2. The van der Waals surface area contributed by atoms with E-state index in [1.165, 1.54) is 12.3 Å². The van der Waals surface area contributed by atoms with Crippen molar-refractivity contribution in [3.05, 3.63) is 36.3 Å². The Hall–Kier alpha value is -2.28. The lowest BCUT2D eigenvalue weighted by atomic mass is 10.3. The van der Waals surface area contributed by atoms with Crippen LogP contribution in [0.3, 0.4) is 0 Å². The molecule has 0 bridgehead atoms. The van der Waals surface area contributed by atoms with Gasteiger partial charge in [0.15, 0.2) is 5.82 Å². The molecular weight excluding hydrogens is 249 g/mol. The number of rotatable bonds is 6. The summed E-state index contributed by atoms with van der Waals surface area (Å²) in [7, 11) is 1.61. The maximum atomic E-state index is 13.5. The Kier molecular flexibility index (Phi) is 4.57. The van der Waals surface area contributed by atoms with E-state index in [-0.39, 0.29) is 5.82 Å². The number of aromatic nitrogens is 3. The number of methoxy groups -OCH3 is 1. The maximum Gasteiger partial charge on any atom is 0.244 e. The fraction of sp³-hybridized carbons (Fsp3) is 0.250. The molecule has 1 aromatic heterocycles. The Balaban J connectivity index is 2.05. The second-order valence-corrected chi connectivity index (χ2v) is 3.69. The number of anilines is 3. The van der Waals surface area contributed by atoms with Crippen molar-refractivity contribution in [3.63, 3.8) is 0 Å². The Labute approximate surface area is 110 Å². The largest absolute Gasteiger partial charge is 0.383 e. The molecule has 0 aliphatic rings. The number of nitrogens with one attached hydrogen (secondary N) is 2. The molecule has 0 fully saturated rings. The molecule has 0 aliphatic carbocycles. The molecule has 1 aromatic carbocycles. The first-order valence-corrected chi connectivity index (χ1v) is 5.73. The lowest BCUT2D eigenvalue weighted by Crippen LogP contribution is -2.11. The zero-order valence-electron chi connectivity index (χ0n) is 10.4. The van der Waals surface area contributed by atoms with E-state index in [4.69, 9.17) is 4.74 Å². The fourth-order valence-corrected chi connectivity index (χ4v) is 1.40. The van der Waals surface area contributed by atoms with Crippen molar-refractivity contribution in [1.82, 2.24) is 15.2 Å². The molecule has 2 rings (SSSR count). The standard InChI is InChI=1S/C12H14FN5O/c1-19-7-6-14-12-17-11(8-15-18-12)16-10-5-3-2-4-9(10)13/h2-5,8H,6-7H2,1H3,(H2,14,16,17,18). The summed E-state index contributed by atoms with van der Waals surface area (Å²) in [4.78, 5) is 4.16. The predicted molar refractivity (Wildman–Crippen MR) is 69.9 cm³/mol. The van der Waals surface area contributed by atoms with Gasteiger partial charge in [0.25, 0.3) is 0 Å². The van der Waals surface area contributed by atoms with E-state index in [1.807, 2.05) is 0 Å². The molecule has 0 unspecified atom stereocenters. The highest BCUT2D eigenvalue weighted by Crippen LogP contribution is 2.17. The number of para-hydroxylation sites is 1. The van der Waals surface area contributed by atoms with E-state index in [2.05, 4.69) is 25.8 Å². The summed E-state index contributed by atoms with van der Waals surface area (Å²) in [5, 5.41) is 13.4. The normalized spacial score (nSPS) is 10.2. The molecular formula is C12H14FN5O. The lowest BCUT2D eigenvalue weighted by molar-refractivity contribution is 0.210. The van der Waals surface area contributed by atoms with Crippen molar-refractivity contribution < 1.29 is 9.13 Å². The molecule has 0 amide bonds. The van der Waals surface area contributed by atoms with E-state index >= 15 is 0 Å². The number of hydrogen-bond acceptors (Lipinski definition) is 6. The minimum Gasteiger partial charge on any atom is -0.383 e. The summed E-state index contributed by atoms with van der Waals surface area (Å²) in [5.41, 5.74) is 0.339. The third-order valence-corrected chi connectivity index (χ3v) is 2.28. The molecule has 2 N–H and O–H groups in total. The average Bonchev–Trinajstić information content (AvgIpc) is 2.42. The third-order valence-electron chi connectivity index (χ3n) is 2.28. The van der Waals surface area contributed by atoms with Gasteiger partial charge in [-0.05, 0) is 12.1 Å². The van der Waals surface area contributed by atoms with Gasteiger partial charge in [-0.25, -0.2) is 4.39 Å². The second-order valence-electron chi connectivity index (χ2n) is 3.69. The molecule has 0 saturated carbocycles. The molecule has 1 heterocycles. The maximum absolute atomic E-state index is 13.5. The van der Waals surface area contributed by atoms with Crippen LogP contribution in [-0.2, 0) is 4.74 Å². The van der Waals surface area contributed by atoms with Gasteiger partial charge in [0.05, 0.1) is 18.5 Å². The van der Waals surface area contributed by atoms with Gasteiger partial charge >= 0.3 is 0 Å². The van der Waals surface area contributed by atoms with Crippen LogP contribution in [0.4, 0.5) is 21.8 Å². The number of halogens is 1. The molecule has 6 nitrogen and oxygen atoms in total. The smallest absolute Gasteiger partial charge is 0.244 e. The van der Waals surface area contributed by atoms with Gasteiger partial charge in [0.2, 0.25) is 5.95 Å². The SMILES string of the molecule is COCCNc1nncc(Nc2ccccc2F)n1. The Morgan fingerprint density at radius 1 is 1.32 bits per heavy atom. The quantitative estimate of drug-likeness (QED) is 0.774. The van der Waals surface area contributed by atoms with Crippen LogP contribution in [0.2, 0.25) is 0 Å². The third kappa shape index (κ3) is 3.85. The van der Waals surface area contributed by atoms with Gasteiger partial charge in [-0.15, -0.1) is 5.10 Å². The van der Waals surface area contributed by atoms with Crippen LogP contribution in [0.1, 0.15) is 0 Å². The summed E-state index contributed by atoms with van der Waals surface area (Å²) in [5.74, 6) is 0.424. The average molecular weight is 263 g/mol. The zero-order valence-corrected chi connectivity index (χ0v) is 10.4. The van der Waals surface area contributed by atoms with Crippen LogP contribution in [0.25, 0.3) is 0 Å². The van der Waals surface area contributed by atoms with E-state index in [9.17, 15) is 4.39 Å². The van der Waals surface area contributed by atoms with E-state index in [0.717, 1.165) is 0 Å². The highest BCUT2D eigenvalue weighted by molar-refractivity contribution is 5.56. The van der Waals surface area contributed by atoms with Gasteiger partial charge in [0, 0.05) is 13.7 Å². The molecule has 2 aromatic rings. The molecule has 0 spiro atoms. The monoisotopic (exact) mass is 263 g/mol. The Morgan fingerprint density at radius 3 is 2.95 bits per heavy atom. The minimum atomic E-state index is -0.352. The summed E-state index contributed by atoms with van der Waals surface area (Å²) in [6.45, 7) is 1.11. The lowest BCUT2D eigenvalue weighted by Gasteiger charge is -2.07. The summed E-state index contributed by atoms with van der Waals surface area (Å²) in [6.07, 6.45) is 1.42.